The van der Waals surface area contributed by atoms with Gasteiger partial charge in [0, 0.05) is 11.7 Å². The fraction of sp³-hybridized carbons (Fsp3) is 0.615. The minimum absolute atomic E-state index is 0.407. The van der Waals surface area contributed by atoms with Gasteiger partial charge in [-0.2, -0.15) is 0 Å². The van der Waals surface area contributed by atoms with E-state index in [2.05, 4.69) is 29.4 Å². The maximum absolute atomic E-state index is 4.50. The topological polar surface area (TPSA) is 24.9 Å². The zero-order valence-electron chi connectivity index (χ0n) is 10.7. The molecule has 1 rings (SSSR count). The Bertz CT molecular complexity index is 258. The number of rotatable bonds is 4. The molecule has 0 saturated carbocycles. The first-order valence-electron chi connectivity index (χ1n) is 5.88. The van der Waals surface area contributed by atoms with Gasteiger partial charge in [-0.25, -0.2) is 0 Å². The van der Waals surface area contributed by atoms with Crippen molar-refractivity contribution >= 4 is 0 Å². The Kier molecular flexibility index (Phi) is 7.92. The highest BCUT2D eigenvalue weighted by molar-refractivity contribution is 5.13. The van der Waals surface area contributed by atoms with E-state index < -0.39 is 0 Å². The maximum Gasteiger partial charge on any atom is 0.0576 e. The fourth-order valence-electron chi connectivity index (χ4n) is 1.49. The smallest absolute Gasteiger partial charge is 0.0576 e. The van der Waals surface area contributed by atoms with Gasteiger partial charge in [0.25, 0.3) is 0 Å². The summed E-state index contributed by atoms with van der Waals surface area (Å²) < 4.78 is 0. The average molecular weight is 208 g/mol. The van der Waals surface area contributed by atoms with E-state index in [4.69, 9.17) is 0 Å². The van der Waals surface area contributed by atoms with E-state index in [0.29, 0.717) is 6.04 Å². The lowest BCUT2D eigenvalue weighted by Gasteiger charge is -2.14. The Balaban J connectivity index is 0.000000921. The first-order valence-corrected chi connectivity index (χ1v) is 5.88. The van der Waals surface area contributed by atoms with Gasteiger partial charge in [0.2, 0.25) is 0 Å². The molecule has 1 unspecified atom stereocenters. The molecule has 1 aromatic rings. The van der Waals surface area contributed by atoms with E-state index in [1.807, 2.05) is 33.9 Å². The van der Waals surface area contributed by atoms with Gasteiger partial charge in [0.1, 0.15) is 0 Å². The van der Waals surface area contributed by atoms with Crippen molar-refractivity contribution in [2.75, 3.05) is 7.05 Å². The molecule has 2 nitrogen and oxygen atoms in total. The number of pyridine rings is 1. The molecule has 0 fully saturated rings. The molecule has 0 amide bonds. The van der Waals surface area contributed by atoms with Gasteiger partial charge in [-0.1, -0.05) is 33.3 Å². The van der Waals surface area contributed by atoms with Crippen LogP contribution in [0.3, 0.4) is 0 Å². The molecular weight excluding hydrogens is 184 g/mol. The van der Waals surface area contributed by atoms with Crippen LogP contribution in [0.5, 0.6) is 0 Å². The lowest BCUT2D eigenvalue weighted by Crippen LogP contribution is -2.17. The molecule has 1 heterocycles. The summed E-state index contributed by atoms with van der Waals surface area (Å²) in [5, 5.41) is 3.28. The normalized spacial score (nSPS) is 11.5. The number of aryl methyl sites for hydroxylation is 1. The molecule has 1 aromatic heterocycles. The van der Waals surface area contributed by atoms with Crippen molar-refractivity contribution in [2.24, 2.45) is 0 Å². The molecule has 0 aliphatic carbocycles. The molecule has 0 aliphatic rings. The highest BCUT2D eigenvalue weighted by Gasteiger charge is 2.08. The predicted molar refractivity (Wildman–Crippen MR) is 67.0 cm³/mol. The second-order valence-corrected chi connectivity index (χ2v) is 3.33. The molecule has 86 valence electrons. The lowest BCUT2D eigenvalue weighted by molar-refractivity contribution is 0.527. The number of hydrogen-bond donors (Lipinski definition) is 1. The van der Waals surface area contributed by atoms with E-state index >= 15 is 0 Å². The van der Waals surface area contributed by atoms with E-state index in [9.17, 15) is 0 Å². The standard InChI is InChI=1S/C11H18N2.C2H6/c1-4-6-10(12-3)11-8-5-7-9(2)13-11;1-2/h5,7-8,10,12H,4,6H2,1-3H3;1-2H3. The van der Waals surface area contributed by atoms with Gasteiger partial charge in [-0.05, 0) is 32.5 Å². The third-order valence-corrected chi connectivity index (χ3v) is 2.19. The van der Waals surface area contributed by atoms with Crippen LogP contribution in [0.4, 0.5) is 0 Å². The van der Waals surface area contributed by atoms with Crippen molar-refractivity contribution in [3.05, 3.63) is 29.6 Å². The Morgan fingerprint density at radius 2 is 2.00 bits per heavy atom. The minimum atomic E-state index is 0.407. The first kappa shape index (κ1) is 14.1. The summed E-state index contributed by atoms with van der Waals surface area (Å²) in [5.74, 6) is 0. The van der Waals surface area contributed by atoms with E-state index in [0.717, 1.165) is 17.8 Å². The summed E-state index contributed by atoms with van der Waals surface area (Å²) >= 11 is 0. The van der Waals surface area contributed by atoms with Crippen LogP contribution in [0.2, 0.25) is 0 Å². The number of aromatic nitrogens is 1. The minimum Gasteiger partial charge on any atom is -0.312 e. The molecule has 2 heteroatoms. The van der Waals surface area contributed by atoms with Crippen molar-refractivity contribution in [1.29, 1.82) is 0 Å². The highest BCUT2D eigenvalue weighted by Crippen LogP contribution is 2.15. The molecule has 0 aliphatic heterocycles. The SMILES string of the molecule is CC.CCCC(NC)c1cccc(C)n1. The van der Waals surface area contributed by atoms with Crippen LogP contribution in [-0.2, 0) is 0 Å². The summed E-state index contributed by atoms with van der Waals surface area (Å²) in [6.07, 6.45) is 2.33. The number of nitrogens with zero attached hydrogens (tertiary/aromatic N) is 1. The maximum atomic E-state index is 4.50. The number of hydrogen-bond acceptors (Lipinski definition) is 2. The predicted octanol–water partition coefficient (Wildman–Crippen LogP) is 3.48. The molecule has 15 heavy (non-hydrogen) atoms. The Labute approximate surface area is 94.1 Å². The largest absolute Gasteiger partial charge is 0.312 e. The van der Waals surface area contributed by atoms with Crippen molar-refractivity contribution in [2.45, 2.75) is 46.6 Å². The molecule has 1 N–H and O–H groups in total. The van der Waals surface area contributed by atoms with E-state index in [1.165, 1.54) is 6.42 Å². The van der Waals surface area contributed by atoms with Crippen molar-refractivity contribution in [3.8, 4) is 0 Å². The van der Waals surface area contributed by atoms with Crippen LogP contribution in [-0.4, -0.2) is 12.0 Å². The Hall–Kier alpha value is -0.890. The molecule has 1 atom stereocenters. The molecule has 0 aromatic carbocycles. The van der Waals surface area contributed by atoms with Crippen LogP contribution in [0, 0.1) is 6.92 Å². The van der Waals surface area contributed by atoms with Crippen molar-refractivity contribution in [1.82, 2.24) is 10.3 Å². The summed E-state index contributed by atoms with van der Waals surface area (Å²) in [4.78, 5) is 4.50. The van der Waals surface area contributed by atoms with Gasteiger partial charge >= 0.3 is 0 Å². The van der Waals surface area contributed by atoms with Gasteiger partial charge in [0.05, 0.1) is 5.69 Å². The van der Waals surface area contributed by atoms with Crippen LogP contribution in [0.1, 0.15) is 51.0 Å². The second kappa shape index (κ2) is 8.42. The zero-order valence-corrected chi connectivity index (χ0v) is 10.7. The lowest BCUT2D eigenvalue weighted by atomic mass is 10.1. The monoisotopic (exact) mass is 208 g/mol. The molecule has 0 spiro atoms. The second-order valence-electron chi connectivity index (χ2n) is 3.33. The summed E-state index contributed by atoms with van der Waals surface area (Å²) in [6.45, 7) is 8.22. The van der Waals surface area contributed by atoms with Gasteiger partial charge in [-0.3, -0.25) is 4.98 Å². The van der Waals surface area contributed by atoms with Crippen LogP contribution in [0.25, 0.3) is 0 Å². The summed E-state index contributed by atoms with van der Waals surface area (Å²) in [6, 6.07) is 6.59. The van der Waals surface area contributed by atoms with Crippen LogP contribution < -0.4 is 5.32 Å². The average Bonchev–Trinajstić information content (AvgIpc) is 2.28. The zero-order chi connectivity index (χ0) is 11.7. The summed E-state index contributed by atoms with van der Waals surface area (Å²) in [7, 11) is 1.99. The van der Waals surface area contributed by atoms with E-state index in [-0.39, 0.29) is 0 Å². The van der Waals surface area contributed by atoms with Crippen LogP contribution >= 0.6 is 0 Å². The Morgan fingerprint density at radius 3 is 2.47 bits per heavy atom. The van der Waals surface area contributed by atoms with Gasteiger partial charge in [0.15, 0.2) is 0 Å². The molecule has 0 radical (unpaired) electrons. The van der Waals surface area contributed by atoms with Crippen molar-refractivity contribution < 1.29 is 0 Å². The third-order valence-electron chi connectivity index (χ3n) is 2.19. The first-order chi connectivity index (χ1) is 7.27. The highest BCUT2D eigenvalue weighted by atomic mass is 14.9. The van der Waals surface area contributed by atoms with E-state index in [1.54, 1.807) is 0 Å². The quantitative estimate of drug-likeness (QED) is 0.819. The van der Waals surface area contributed by atoms with Gasteiger partial charge < -0.3 is 5.32 Å². The third kappa shape index (κ3) is 4.93. The molecular formula is C13H24N2. The fourth-order valence-corrected chi connectivity index (χ4v) is 1.49. The summed E-state index contributed by atoms with van der Waals surface area (Å²) in [5.41, 5.74) is 2.25. The number of nitrogens with one attached hydrogen (secondary N) is 1. The molecule has 0 saturated heterocycles. The van der Waals surface area contributed by atoms with Crippen LogP contribution in [0.15, 0.2) is 18.2 Å². The molecule has 0 bridgehead atoms. The van der Waals surface area contributed by atoms with Crippen molar-refractivity contribution in [3.63, 3.8) is 0 Å². The Morgan fingerprint density at radius 1 is 1.33 bits per heavy atom. The van der Waals surface area contributed by atoms with Gasteiger partial charge in [-0.15, -0.1) is 0 Å².